The Balaban J connectivity index is 1.53. The van der Waals surface area contributed by atoms with Crippen molar-refractivity contribution in [1.29, 1.82) is 0 Å². The van der Waals surface area contributed by atoms with Gasteiger partial charge in [0.25, 0.3) is 0 Å². The fraction of sp³-hybridized carbons (Fsp3) is 0.526. The molecule has 0 bridgehead atoms. The van der Waals surface area contributed by atoms with Crippen molar-refractivity contribution in [3.8, 4) is 0 Å². The summed E-state index contributed by atoms with van der Waals surface area (Å²) in [7, 11) is 0. The van der Waals surface area contributed by atoms with Gasteiger partial charge in [-0.25, -0.2) is 9.97 Å². The van der Waals surface area contributed by atoms with Crippen molar-refractivity contribution in [2.45, 2.75) is 38.5 Å². The molecule has 1 amide bonds. The van der Waals surface area contributed by atoms with Gasteiger partial charge in [-0.1, -0.05) is 19.8 Å². The summed E-state index contributed by atoms with van der Waals surface area (Å²) in [5.41, 5.74) is 1.80. The zero-order valence-electron chi connectivity index (χ0n) is 14.3. The lowest BCUT2D eigenvalue weighted by atomic mass is 10.0. The van der Waals surface area contributed by atoms with Gasteiger partial charge in [-0.15, -0.1) is 0 Å². The van der Waals surface area contributed by atoms with Gasteiger partial charge in [0.05, 0.1) is 0 Å². The second-order valence-corrected chi connectivity index (χ2v) is 6.37. The topological polar surface area (TPSA) is 55.3 Å². The van der Waals surface area contributed by atoms with Crippen molar-refractivity contribution in [1.82, 2.24) is 14.9 Å². The molecule has 5 heteroatoms. The van der Waals surface area contributed by atoms with Crippen molar-refractivity contribution < 1.29 is 9.53 Å². The van der Waals surface area contributed by atoms with Crippen LogP contribution in [0.25, 0.3) is 11.0 Å². The van der Waals surface area contributed by atoms with Crippen molar-refractivity contribution in [2.24, 2.45) is 0 Å². The lowest BCUT2D eigenvalue weighted by Crippen LogP contribution is -2.32. The molecule has 1 fully saturated rings. The Morgan fingerprint density at radius 1 is 1.33 bits per heavy atom. The highest BCUT2D eigenvalue weighted by Gasteiger charge is 2.28. The number of unbranched alkanes of at least 4 members (excludes halogenated alkanes) is 2. The first kappa shape index (κ1) is 16.8. The smallest absolute Gasteiger partial charge is 0.248 e. The van der Waals surface area contributed by atoms with E-state index in [1.54, 1.807) is 6.20 Å². The lowest BCUT2D eigenvalue weighted by Gasteiger charge is -2.16. The van der Waals surface area contributed by atoms with Gasteiger partial charge < -0.3 is 9.64 Å². The van der Waals surface area contributed by atoms with Gasteiger partial charge in [-0.3, -0.25) is 4.79 Å². The van der Waals surface area contributed by atoms with Gasteiger partial charge in [-0.2, -0.15) is 0 Å². The molecule has 3 heterocycles. The first-order valence-corrected chi connectivity index (χ1v) is 8.85. The Bertz CT molecular complexity index is 689. The first-order valence-electron chi connectivity index (χ1n) is 8.85. The van der Waals surface area contributed by atoms with Crippen LogP contribution >= 0.6 is 0 Å². The van der Waals surface area contributed by atoms with Crippen molar-refractivity contribution >= 4 is 16.9 Å². The maximum absolute atomic E-state index is 12.2. The van der Waals surface area contributed by atoms with Crippen LogP contribution < -0.4 is 0 Å². The standard InChI is InChI=1S/C19H25N3O2/c1-2-3-4-12-24-14-18(23)22-11-9-16(13-22)17-8-7-15-6-5-10-20-19(15)21-17/h5-8,10,16H,2-4,9,11-14H2,1H3/t16-/m0/s1. The van der Waals surface area contributed by atoms with Gasteiger partial charge in [-0.05, 0) is 37.1 Å². The summed E-state index contributed by atoms with van der Waals surface area (Å²) in [6, 6.07) is 8.05. The number of aromatic nitrogens is 2. The number of fused-ring (bicyclic) bond motifs is 1. The Kier molecular flexibility index (Phi) is 5.75. The van der Waals surface area contributed by atoms with E-state index in [2.05, 4.69) is 29.0 Å². The SMILES string of the molecule is CCCCCOCC(=O)N1CC[C@H](c2ccc3cccnc3n2)C1. The summed E-state index contributed by atoms with van der Waals surface area (Å²) in [5, 5.41) is 1.05. The molecule has 24 heavy (non-hydrogen) atoms. The molecule has 0 radical (unpaired) electrons. The predicted octanol–water partition coefficient (Wildman–Crippen LogP) is 3.15. The highest BCUT2D eigenvalue weighted by molar-refractivity contribution is 5.78. The third-order valence-electron chi connectivity index (χ3n) is 4.56. The molecule has 1 aliphatic rings. The van der Waals surface area contributed by atoms with Crippen LogP contribution in [0, 0.1) is 0 Å². The van der Waals surface area contributed by atoms with E-state index in [1.807, 2.05) is 17.0 Å². The predicted molar refractivity (Wildman–Crippen MR) is 93.8 cm³/mol. The molecule has 2 aromatic rings. The Morgan fingerprint density at radius 2 is 2.25 bits per heavy atom. The van der Waals surface area contributed by atoms with E-state index >= 15 is 0 Å². The molecule has 0 saturated carbocycles. The average Bonchev–Trinajstić information content (AvgIpc) is 3.11. The molecule has 1 aliphatic heterocycles. The van der Waals surface area contributed by atoms with Crippen LogP contribution in [0.1, 0.15) is 44.2 Å². The monoisotopic (exact) mass is 327 g/mol. The summed E-state index contributed by atoms with van der Waals surface area (Å²) < 4.78 is 5.49. The molecule has 0 aromatic carbocycles. The maximum Gasteiger partial charge on any atom is 0.248 e. The average molecular weight is 327 g/mol. The van der Waals surface area contributed by atoms with Gasteiger partial charge >= 0.3 is 0 Å². The molecule has 1 saturated heterocycles. The summed E-state index contributed by atoms with van der Waals surface area (Å²) in [6.45, 7) is 4.54. The number of hydrogen-bond acceptors (Lipinski definition) is 4. The number of amides is 1. The van der Waals surface area contributed by atoms with Gasteiger partial charge in [0.1, 0.15) is 6.61 Å². The minimum Gasteiger partial charge on any atom is -0.372 e. The van der Waals surface area contributed by atoms with E-state index in [0.29, 0.717) is 12.5 Å². The molecule has 1 atom stereocenters. The highest BCUT2D eigenvalue weighted by atomic mass is 16.5. The summed E-state index contributed by atoms with van der Waals surface area (Å²) in [4.78, 5) is 23.1. The van der Waals surface area contributed by atoms with Crippen molar-refractivity contribution in [3.05, 3.63) is 36.2 Å². The number of pyridine rings is 2. The summed E-state index contributed by atoms with van der Waals surface area (Å²) in [6.07, 6.45) is 6.06. The zero-order chi connectivity index (χ0) is 16.8. The van der Waals surface area contributed by atoms with E-state index in [1.165, 1.54) is 6.42 Å². The first-order chi connectivity index (χ1) is 11.8. The molecule has 3 rings (SSSR count). The van der Waals surface area contributed by atoms with Gasteiger partial charge in [0, 0.05) is 42.9 Å². The van der Waals surface area contributed by atoms with E-state index in [9.17, 15) is 4.79 Å². The van der Waals surface area contributed by atoms with Crippen LogP contribution in [0.5, 0.6) is 0 Å². The van der Waals surface area contributed by atoms with Crippen LogP contribution in [-0.4, -0.2) is 47.1 Å². The van der Waals surface area contributed by atoms with Crippen molar-refractivity contribution in [3.63, 3.8) is 0 Å². The molecule has 2 aromatic heterocycles. The minimum absolute atomic E-state index is 0.0907. The fourth-order valence-corrected chi connectivity index (χ4v) is 3.13. The number of ether oxygens (including phenoxy) is 1. The van der Waals surface area contributed by atoms with Gasteiger partial charge in [0.2, 0.25) is 5.91 Å². The molecule has 5 nitrogen and oxygen atoms in total. The molecular formula is C19H25N3O2. The third kappa shape index (κ3) is 4.09. The van der Waals surface area contributed by atoms with E-state index in [0.717, 1.165) is 49.1 Å². The normalized spacial score (nSPS) is 17.5. The fourth-order valence-electron chi connectivity index (χ4n) is 3.13. The molecule has 0 aliphatic carbocycles. The van der Waals surface area contributed by atoms with Crippen LogP contribution in [0.15, 0.2) is 30.5 Å². The van der Waals surface area contributed by atoms with Crippen LogP contribution in [-0.2, 0) is 9.53 Å². The molecule has 128 valence electrons. The van der Waals surface area contributed by atoms with Crippen LogP contribution in [0.3, 0.4) is 0 Å². The van der Waals surface area contributed by atoms with Crippen molar-refractivity contribution in [2.75, 3.05) is 26.3 Å². The lowest BCUT2D eigenvalue weighted by molar-refractivity contribution is -0.135. The zero-order valence-corrected chi connectivity index (χ0v) is 14.3. The Hall–Kier alpha value is -2.01. The number of nitrogens with zero attached hydrogens (tertiary/aromatic N) is 3. The third-order valence-corrected chi connectivity index (χ3v) is 4.56. The van der Waals surface area contributed by atoms with E-state index in [-0.39, 0.29) is 12.5 Å². The Labute approximate surface area is 143 Å². The molecule has 0 spiro atoms. The van der Waals surface area contributed by atoms with Gasteiger partial charge in [0.15, 0.2) is 5.65 Å². The quantitative estimate of drug-likeness (QED) is 0.733. The number of hydrogen-bond donors (Lipinski definition) is 0. The van der Waals surface area contributed by atoms with E-state index in [4.69, 9.17) is 4.74 Å². The minimum atomic E-state index is 0.0907. The summed E-state index contributed by atoms with van der Waals surface area (Å²) >= 11 is 0. The second-order valence-electron chi connectivity index (χ2n) is 6.37. The highest BCUT2D eigenvalue weighted by Crippen LogP contribution is 2.27. The van der Waals surface area contributed by atoms with Crippen LogP contribution in [0.2, 0.25) is 0 Å². The largest absolute Gasteiger partial charge is 0.372 e. The number of carbonyl (C=O) groups is 1. The molecule has 0 N–H and O–H groups in total. The number of rotatable bonds is 7. The van der Waals surface area contributed by atoms with E-state index < -0.39 is 0 Å². The summed E-state index contributed by atoms with van der Waals surface area (Å²) in [5.74, 6) is 0.383. The molecular weight excluding hydrogens is 302 g/mol. The molecule has 0 unspecified atom stereocenters. The number of carbonyl (C=O) groups excluding carboxylic acids is 1. The Morgan fingerprint density at radius 3 is 3.12 bits per heavy atom. The number of likely N-dealkylation sites (tertiary alicyclic amines) is 1. The maximum atomic E-state index is 12.2. The second kappa shape index (κ2) is 8.20. The van der Waals surface area contributed by atoms with Crippen LogP contribution in [0.4, 0.5) is 0 Å².